The van der Waals surface area contributed by atoms with Gasteiger partial charge >= 0.3 is 0 Å². The van der Waals surface area contributed by atoms with Crippen molar-refractivity contribution in [2.24, 2.45) is 0 Å². The lowest BCUT2D eigenvalue weighted by Gasteiger charge is -2.08. The summed E-state index contributed by atoms with van der Waals surface area (Å²) in [4.78, 5) is 11.9. The monoisotopic (exact) mass is 284 g/mol. The summed E-state index contributed by atoms with van der Waals surface area (Å²) in [6.07, 6.45) is 0.799. The summed E-state index contributed by atoms with van der Waals surface area (Å²) in [7, 11) is 0. The van der Waals surface area contributed by atoms with Crippen LogP contribution in [0.4, 0.5) is 5.82 Å². The largest absolute Gasteiger partial charge is 0.366 e. The van der Waals surface area contributed by atoms with Gasteiger partial charge in [0.05, 0.1) is 0 Å². The van der Waals surface area contributed by atoms with Gasteiger partial charge in [-0.2, -0.15) is 0 Å². The maximum absolute atomic E-state index is 11.9. The van der Waals surface area contributed by atoms with Crippen LogP contribution in [-0.4, -0.2) is 28.7 Å². The molecule has 2 N–H and O–H groups in total. The second-order valence-electron chi connectivity index (χ2n) is 5.09. The number of nitrogens with zero attached hydrogens (tertiary/aromatic N) is 2. The maximum atomic E-state index is 11.9. The van der Waals surface area contributed by atoms with Crippen molar-refractivity contribution < 1.29 is 4.79 Å². The van der Waals surface area contributed by atoms with Crippen LogP contribution in [0.15, 0.2) is 42.5 Å². The molecule has 0 bridgehead atoms. The van der Waals surface area contributed by atoms with Crippen LogP contribution in [0.1, 0.15) is 29.9 Å². The van der Waals surface area contributed by atoms with Crippen LogP contribution in [-0.2, 0) is 6.42 Å². The normalized spacial score (nSPS) is 10.4. The van der Waals surface area contributed by atoms with Crippen molar-refractivity contribution in [3.05, 3.63) is 53.7 Å². The third-order valence-corrected chi connectivity index (χ3v) is 2.88. The van der Waals surface area contributed by atoms with E-state index in [0.717, 1.165) is 6.42 Å². The minimum atomic E-state index is -0.200. The molecule has 0 radical (unpaired) electrons. The highest BCUT2D eigenvalue weighted by Crippen LogP contribution is 2.04. The molecule has 5 nitrogen and oxygen atoms in total. The number of amides is 1. The predicted octanol–water partition coefficient (Wildman–Crippen LogP) is 2.27. The number of nitrogens with one attached hydrogen (secondary N) is 2. The quantitative estimate of drug-likeness (QED) is 0.854. The fraction of sp³-hybridized carbons (Fsp3) is 0.312. The van der Waals surface area contributed by atoms with Crippen LogP contribution in [0.25, 0.3) is 0 Å². The Morgan fingerprint density at radius 3 is 2.48 bits per heavy atom. The average molecular weight is 284 g/mol. The molecule has 0 unspecified atom stereocenters. The molecular weight excluding hydrogens is 264 g/mol. The first kappa shape index (κ1) is 15.0. The van der Waals surface area contributed by atoms with Crippen LogP contribution in [0.3, 0.4) is 0 Å². The van der Waals surface area contributed by atoms with Gasteiger partial charge in [0, 0.05) is 12.6 Å². The first-order valence-corrected chi connectivity index (χ1v) is 7.07. The molecule has 0 atom stereocenters. The Kier molecular flexibility index (Phi) is 5.26. The summed E-state index contributed by atoms with van der Waals surface area (Å²) in [6, 6.07) is 13.8. The number of carbonyl (C=O) groups excluding carboxylic acids is 1. The van der Waals surface area contributed by atoms with Crippen molar-refractivity contribution in [2.75, 3.05) is 11.9 Å². The van der Waals surface area contributed by atoms with E-state index in [1.807, 2.05) is 44.2 Å². The maximum Gasteiger partial charge on any atom is 0.271 e. The molecule has 21 heavy (non-hydrogen) atoms. The second kappa shape index (κ2) is 7.38. The minimum Gasteiger partial charge on any atom is -0.366 e. The number of rotatable bonds is 6. The number of aromatic nitrogens is 2. The molecule has 0 aliphatic rings. The first-order chi connectivity index (χ1) is 10.1. The lowest BCUT2D eigenvalue weighted by molar-refractivity contribution is 0.0948. The van der Waals surface area contributed by atoms with Gasteiger partial charge in [-0.15, -0.1) is 10.2 Å². The summed E-state index contributed by atoms with van der Waals surface area (Å²) in [6.45, 7) is 4.62. The van der Waals surface area contributed by atoms with Gasteiger partial charge in [-0.1, -0.05) is 30.3 Å². The molecule has 110 valence electrons. The van der Waals surface area contributed by atoms with Crippen LogP contribution in [0.5, 0.6) is 0 Å². The Morgan fingerprint density at radius 2 is 1.86 bits per heavy atom. The van der Waals surface area contributed by atoms with Crippen LogP contribution in [0.2, 0.25) is 0 Å². The van der Waals surface area contributed by atoms with Crippen LogP contribution < -0.4 is 10.6 Å². The molecule has 0 saturated carbocycles. The van der Waals surface area contributed by atoms with E-state index >= 15 is 0 Å². The van der Waals surface area contributed by atoms with E-state index in [1.165, 1.54) is 5.56 Å². The van der Waals surface area contributed by atoms with Gasteiger partial charge in [0.15, 0.2) is 5.69 Å². The first-order valence-electron chi connectivity index (χ1n) is 7.07. The van der Waals surface area contributed by atoms with Crippen molar-refractivity contribution >= 4 is 11.7 Å². The SMILES string of the molecule is CC(C)Nc1ccc(C(=O)NCCc2ccccc2)nn1. The molecule has 0 saturated heterocycles. The van der Waals surface area contributed by atoms with Crippen molar-refractivity contribution in [3.63, 3.8) is 0 Å². The lowest BCUT2D eigenvalue weighted by atomic mass is 10.1. The number of hydrogen-bond acceptors (Lipinski definition) is 4. The van der Waals surface area contributed by atoms with Gasteiger partial charge in [-0.25, -0.2) is 0 Å². The molecule has 1 heterocycles. The summed E-state index contributed by atoms with van der Waals surface area (Å²) in [5, 5.41) is 13.9. The number of anilines is 1. The number of carbonyl (C=O) groups is 1. The van der Waals surface area contributed by atoms with E-state index in [4.69, 9.17) is 0 Å². The number of hydrogen-bond donors (Lipinski definition) is 2. The van der Waals surface area contributed by atoms with Crippen molar-refractivity contribution in [2.45, 2.75) is 26.3 Å². The van der Waals surface area contributed by atoms with E-state index < -0.39 is 0 Å². The van der Waals surface area contributed by atoms with Crippen molar-refractivity contribution in [1.29, 1.82) is 0 Å². The van der Waals surface area contributed by atoms with Crippen LogP contribution in [0, 0.1) is 0 Å². The molecule has 2 rings (SSSR count). The highest BCUT2D eigenvalue weighted by molar-refractivity contribution is 5.92. The standard InChI is InChI=1S/C16H20N4O/c1-12(2)18-15-9-8-14(19-20-15)16(21)17-11-10-13-6-4-3-5-7-13/h3-9,12H,10-11H2,1-2H3,(H,17,21)(H,18,20). The molecule has 1 aromatic heterocycles. The molecule has 0 aliphatic carbocycles. The zero-order chi connectivity index (χ0) is 15.1. The zero-order valence-electron chi connectivity index (χ0n) is 12.3. The Bertz CT molecular complexity index is 567. The summed E-state index contributed by atoms with van der Waals surface area (Å²) < 4.78 is 0. The molecular formula is C16H20N4O. The second-order valence-corrected chi connectivity index (χ2v) is 5.09. The Labute approximate surface area is 124 Å². The van der Waals surface area contributed by atoms with Crippen molar-refractivity contribution in [3.8, 4) is 0 Å². The highest BCUT2D eigenvalue weighted by Gasteiger charge is 2.07. The summed E-state index contributed by atoms with van der Waals surface area (Å²) in [5.74, 6) is 0.473. The Morgan fingerprint density at radius 1 is 1.10 bits per heavy atom. The molecule has 5 heteroatoms. The third kappa shape index (κ3) is 4.87. The lowest BCUT2D eigenvalue weighted by Crippen LogP contribution is -2.27. The van der Waals surface area contributed by atoms with E-state index in [1.54, 1.807) is 12.1 Å². The summed E-state index contributed by atoms with van der Waals surface area (Å²) in [5.41, 5.74) is 1.53. The van der Waals surface area contributed by atoms with Gasteiger partial charge in [-0.3, -0.25) is 4.79 Å². The fourth-order valence-corrected chi connectivity index (χ4v) is 1.88. The average Bonchev–Trinajstić information content (AvgIpc) is 2.48. The van der Waals surface area contributed by atoms with Gasteiger partial charge in [0.2, 0.25) is 0 Å². The van der Waals surface area contributed by atoms with Gasteiger partial charge < -0.3 is 10.6 Å². The van der Waals surface area contributed by atoms with E-state index in [-0.39, 0.29) is 11.9 Å². The highest BCUT2D eigenvalue weighted by atomic mass is 16.1. The Hall–Kier alpha value is -2.43. The molecule has 0 fully saturated rings. The molecule has 2 aromatic rings. The predicted molar refractivity (Wildman–Crippen MR) is 83.3 cm³/mol. The molecule has 1 aromatic carbocycles. The smallest absolute Gasteiger partial charge is 0.271 e. The topological polar surface area (TPSA) is 66.9 Å². The van der Waals surface area contributed by atoms with Gasteiger partial charge in [-0.05, 0) is 38.0 Å². The van der Waals surface area contributed by atoms with Gasteiger partial charge in [0.1, 0.15) is 5.82 Å². The van der Waals surface area contributed by atoms with E-state index in [2.05, 4.69) is 20.8 Å². The van der Waals surface area contributed by atoms with Crippen molar-refractivity contribution in [1.82, 2.24) is 15.5 Å². The van der Waals surface area contributed by atoms with Crippen LogP contribution >= 0.6 is 0 Å². The molecule has 0 aliphatic heterocycles. The van der Waals surface area contributed by atoms with E-state index in [9.17, 15) is 4.79 Å². The summed E-state index contributed by atoms with van der Waals surface area (Å²) >= 11 is 0. The minimum absolute atomic E-state index is 0.200. The third-order valence-electron chi connectivity index (χ3n) is 2.88. The Balaban J connectivity index is 1.83. The number of benzene rings is 1. The molecule has 1 amide bonds. The fourth-order valence-electron chi connectivity index (χ4n) is 1.88. The zero-order valence-corrected chi connectivity index (χ0v) is 12.3. The van der Waals surface area contributed by atoms with E-state index in [0.29, 0.717) is 18.1 Å². The van der Waals surface area contributed by atoms with Gasteiger partial charge in [0.25, 0.3) is 5.91 Å². The molecule has 0 spiro atoms.